The molecule has 1 aromatic rings. The van der Waals surface area contributed by atoms with E-state index >= 15 is 0 Å². The second-order valence-electron chi connectivity index (χ2n) is 2.25. The van der Waals surface area contributed by atoms with Gasteiger partial charge in [-0.05, 0) is 13.8 Å². The van der Waals surface area contributed by atoms with Gasteiger partial charge in [-0.2, -0.15) is 5.48 Å². The Hall–Kier alpha value is -0.870. The van der Waals surface area contributed by atoms with Gasteiger partial charge in [0.2, 0.25) is 0 Å². The molecule has 0 radical (unpaired) electrons. The smallest absolute Gasteiger partial charge is 0.103 e. The van der Waals surface area contributed by atoms with E-state index in [0.29, 0.717) is 13.2 Å². The van der Waals surface area contributed by atoms with Crippen LogP contribution in [-0.2, 0) is 11.4 Å². The highest BCUT2D eigenvalue weighted by molar-refractivity contribution is 4.98. The first kappa shape index (κ1) is 8.23. The van der Waals surface area contributed by atoms with E-state index in [1.165, 1.54) is 0 Å². The monoisotopic (exact) mass is 155 g/mol. The average molecular weight is 155 g/mol. The zero-order valence-corrected chi connectivity index (χ0v) is 6.85. The van der Waals surface area contributed by atoms with Crippen LogP contribution in [0.2, 0.25) is 0 Å². The first-order valence-electron chi connectivity index (χ1n) is 3.68. The number of hydrogen-bond acceptors (Lipinski definition) is 3. The molecule has 1 rings (SSSR count). The number of aryl methyl sites for hydroxylation is 1. The summed E-state index contributed by atoms with van der Waals surface area (Å²) in [5.74, 6) is 0.929. The van der Waals surface area contributed by atoms with Crippen LogP contribution in [0.25, 0.3) is 0 Å². The van der Waals surface area contributed by atoms with Crippen LogP contribution in [0.4, 0.5) is 0 Å². The minimum absolute atomic E-state index is 0.674. The van der Waals surface area contributed by atoms with Gasteiger partial charge in [0, 0.05) is 6.20 Å². The number of hydrogen-bond donors (Lipinski definition) is 2. The molecule has 0 amide bonds. The molecule has 0 atom stereocenters. The number of aromatic amines is 1. The minimum Gasteiger partial charge on any atom is -0.345 e. The van der Waals surface area contributed by atoms with Crippen molar-refractivity contribution in [1.29, 1.82) is 0 Å². The lowest BCUT2D eigenvalue weighted by molar-refractivity contribution is 0.0457. The second-order valence-corrected chi connectivity index (χ2v) is 2.25. The van der Waals surface area contributed by atoms with Crippen molar-refractivity contribution in [1.82, 2.24) is 15.4 Å². The average Bonchev–Trinajstić information content (AvgIpc) is 2.37. The zero-order valence-electron chi connectivity index (χ0n) is 6.85. The van der Waals surface area contributed by atoms with Crippen LogP contribution in [0.3, 0.4) is 0 Å². The van der Waals surface area contributed by atoms with Crippen LogP contribution >= 0.6 is 0 Å². The van der Waals surface area contributed by atoms with Gasteiger partial charge in [0.1, 0.15) is 5.82 Å². The van der Waals surface area contributed by atoms with Crippen LogP contribution < -0.4 is 5.48 Å². The predicted octanol–water partition coefficient (Wildman–Crippen LogP) is 0.759. The molecule has 0 aliphatic carbocycles. The SMILES string of the molecule is CCONCc1cnc(C)[nH]1. The number of nitrogens with one attached hydrogen (secondary N) is 2. The van der Waals surface area contributed by atoms with Crippen molar-refractivity contribution in [3.63, 3.8) is 0 Å². The fraction of sp³-hybridized carbons (Fsp3) is 0.571. The maximum Gasteiger partial charge on any atom is 0.103 e. The Morgan fingerprint density at radius 2 is 2.55 bits per heavy atom. The summed E-state index contributed by atoms with van der Waals surface area (Å²) in [5, 5.41) is 0. The van der Waals surface area contributed by atoms with Crippen molar-refractivity contribution in [2.24, 2.45) is 0 Å². The molecule has 1 aromatic heterocycles. The van der Waals surface area contributed by atoms with Crippen molar-refractivity contribution in [2.45, 2.75) is 20.4 Å². The van der Waals surface area contributed by atoms with Gasteiger partial charge in [-0.1, -0.05) is 0 Å². The minimum atomic E-state index is 0.674. The van der Waals surface area contributed by atoms with Gasteiger partial charge in [-0.15, -0.1) is 0 Å². The highest BCUT2D eigenvalue weighted by Gasteiger charge is 1.94. The number of nitrogens with zero attached hydrogens (tertiary/aromatic N) is 1. The molecule has 0 aliphatic rings. The summed E-state index contributed by atoms with van der Waals surface area (Å²) in [6.07, 6.45) is 1.79. The summed E-state index contributed by atoms with van der Waals surface area (Å²) in [6, 6.07) is 0. The van der Waals surface area contributed by atoms with Crippen LogP contribution in [0.1, 0.15) is 18.4 Å². The Morgan fingerprint density at radius 1 is 1.73 bits per heavy atom. The third kappa shape index (κ3) is 2.69. The molecule has 0 unspecified atom stereocenters. The molecule has 0 spiro atoms. The van der Waals surface area contributed by atoms with Crippen molar-refractivity contribution in [2.75, 3.05) is 6.61 Å². The van der Waals surface area contributed by atoms with E-state index < -0.39 is 0 Å². The first-order chi connectivity index (χ1) is 5.33. The van der Waals surface area contributed by atoms with Crippen LogP contribution in [0.5, 0.6) is 0 Å². The lowest BCUT2D eigenvalue weighted by Crippen LogP contribution is -2.13. The molecule has 11 heavy (non-hydrogen) atoms. The third-order valence-electron chi connectivity index (χ3n) is 1.26. The maximum absolute atomic E-state index is 4.95. The molecule has 0 saturated carbocycles. The van der Waals surface area contributed by atoms with Gasteiger partial charge >= 0.3 is 0 Å². The number of hydroxylamine groups is 1. The fourth-order valence-corrected chi connectivity index (χ4v) is 0.792. The van der Waals surface area contributed by atoms with Crippen molar-refractivity contribution in [3.05, 3.63) is 17.7 Å². The molecule has 2 N–H and O–H groups in total. The largest absolute Gasteiger partial charge is 0.345 e. The highest BCUT2D eigenvalue weighted by Crippen LogP contribution is 1.93. The lowest BCUT2D eigenvalue weighted by atomic mass is 10.5. The molecule has 0 aliphatic heterocycles. The maximum atomic E-state index is 4.95. The Bertz CT molecular complexity index is 209. The number of imidazole rings is 1. The molecular weight excluding hydrogens is 142 g/mol. The molecule has 0 saturated heterocycles. The van der Waals surface area contributed by atoms with Crippen molar-refractivity contribution in [3.8, 4) is 0 Å². The Kier molecular flexibility index (Phi) is 3.07. The number of rotatable bonds is 4. The summed E-state index contributed by atoms with van der Waals surface area (Å²) >= 11 is 0. The molecule has 4 heteroatoms. The van der Waals surface area contributed by atoms with Gasteiger partial charge in [0.25, 0.3) is 0 Å². The summed E-state index contributed by atoms with van der Waals surface area (Å²) in [6.45, 7) is 5.21. The summed E-state index contributed by atoms with van der Waals surface area (Å²) < 4.78 is 0. The fourth-order valence-electron chi connectivity index (χ4n) is 0.792. The van der Waals surface area contributed by atoms with Crippen LogP contribution in [0.15, 0.2) is 6.20 Å². The molecule has 4 nitrogen and oxygen atoms in total. The topological polar surface area (TPSA) is 49.9 Å². The zero-order chi connectivity index (χ0) is 8.10. The van der Waals surface area contributed by atoms with Gasteiger partial charge in [0.05, 0.1) is 18.8 Å². The number of H-pyrrole nitrogens is 1. The Balaban J connectivity index is 2.27. The molecule has 62 valence electrons. The van der Waals surface area contributed by atoms with E-state index in [-0.39, 0.29) is 0 Å². The normalized spacial score (nSPS) is 10.4. The Morgan fingerprint density at radius 3 is 3.09 bits per heavy atom. The van der Waals surface area contributed by atoms with Gasteiger partial charge < -0.3 is 9.82 Å². The molecule has 0 fully saturated rings. The van der Waals surface area contributed by atoms with E-state index in [4.69, 9.17) is 4.84 Å². The summed E-state index contributed by atoms with van der Waals surface area (Å²) in [4.78, 5) is 12.1. The quantitative estimate of drug-likeness (QED) is 0.498. The Labute approximate surface area is 65.9 Å². The molecule has 0 aromatic carbocycles. The molecule has 0 bridgehead atoms. The second kappa shape index (κ2) is 4.10. The molecule has 1 heterocycles. The molecular formula is C7H13N3O. The van der Waals surface area contributed by atoms with E-state index in [0.717, 1.165) is 11.5 Å². The van der Waals surface area contributed by atoms with E-state index in [2.05, 4.69) is 15.4 Å². The number of aromatic nitrogens is 2. The highest BCUT2D eigenvalue weighted by atomic mass is 16.6. The van der Waals surface area contributed by atoms with Gasteiger partial charge in [-0.25, -0.2) is 4.98 Å². The predicted molar refractivity (Wildman–Crippen MR) is 41.8 cm³/mol. The lowest BCUT2D eigenvalue weighted by Gasteiger charge is -1.99. The van der Waals surface area contributed by atoms with Crippen LogP contribution in [-0.4, -0.2) is 16.6 Å². The summed E-state index contributed by atoms with van der Waals surface area (Å²) in [7, 11) is 0. The van der Waals surface area contributed by atoms with Crippen molar-refractivity contribution >= 4 is 0 Å². The van der Waals surface area contributed by atoms with Gasteiger partial charge in [-0.3, -0.25) is 0 Å². The van der Waals surface area contributed by atoms with E-state index in [1.807, 2.05) is 13.8 Å². The summed E-state index contributed by atoms with van der Waals surface area (Å²) in [5.41, 5.74) is 3.83. The third-order valence-corrected chi connectivity index (χ3v) is 1.26. The van der Waals surface area contributed by atoms with Gasteiger partial charge in [0.15, 0.2) is 0 Å². The first-order valence-corrected chi connectivity index (χ1v) is 3.68. The standard InChI is InChI=1S/C7H13N3O/c1-3-11-9-5-7-4-8-6(2)10-7/h4,9H,3,5H2,1-2H3,(H,8,10). The van der Waals surface area contributed by atoms with E-state index in [9.17, 15) is 0 Å². The van der Waals surface area contributed by atoms with Crippen molar-refractivity contribution < 1.29 is 4.84 Å². The van der Waals surface area contributed by atoms with E-state index in [1.54, 1.807) is 6.20 Å². The van der Waals surface area contributed by atoms with Crippen LogP contribution in [0, 0.1) is 6.92 Å².